The number of carbonyl (C=O) groups is 1. The van der Waals surface area contributed by atoms with Crippen molar-refractivity contribution in [2.45, 2.75) is 6.92 Å². The summed E-state index contributed by atoms with van der Waals surface area (Å²) in [5, 5.41) is 3.28. The molecular formula is C13H12N2O3S. The average molecular weight is 276 g/mol. The molecule has 5 nitrogen and oxygen atoms in total. The molecule has 0 atom stereocenters. The second-order valence-corrected chi connectivity index (χ2v) is 5.13. The lowest BCUT2D eigenvalue weighted by molar-refractivity contribution is -0.117. The van der Waals surface area contributed by atoms with Crippen LogP contribution in [0.3, 0.4) is 0 Å². The van der Waals surface area contributed by atoms with Gasteiger partial charge in [0.2, 0.25) is 5.76 Å². The lowest BCUT2D eigenvalue weighted by atomic mass is 10.2. The number of nitrogens with one attached hydrogen (secondary N) is 1. The zero-order chi connectivity index (χ0) is 13.2. The summed E-state index contributed by atoms with van der Waals surface area (Å²) in [4.78, 5) is 16.3. The third-order valence-electron chi connectivity index (χ3n) is 2.71. The number of para-hydroxylation sites is 1. The number of aromatic nitrogens is 1. The summed E-state index contributed by atoms with van der Waals surface area (Å²) in [5.74, 6) is -0.154. The van der Waals surface area contributed by atoms with Crippen molar-refractivity contribution in [3.05, 3.63) is 35.8 Å². The van der Waals surface area contributed by atoms with E-state index in [2.05, 4.69) is 10.3 Å². The summed E-state index contributed by atoms with van der Waals surface area (Å²) in [6.07, 6.45) is 1.33. The molecule has 0 bridgehead atoms. The molecule has 2 aromatic rings. The SMILES string of the molecule is Cc1cccc2sc(NC(=O)C3=COCCO3)nc12. The van der Waals surface area contributed by atoms with Crippen molar-refractivity contribution >= 4 is 32.6 Å². The Bertz CT molecular complexity index is 663. The number of amides is 1. The van der Waals surface area contributed by atoms with E-state index in [0.717, 1.165) is 15.8 Å². The number of anilines is 1. The minimum Gasteiger partial charge on any atom is -0.494 e. The van der Waals surface area contributed by atoms with Gasteiger partial charge in [0.15, 0.2) is 5.13 Å². The molecule has 3 rings (SSSR count). The molecule has 1 N–H and O–H groups in total. The Balaban J connectivity index is 1.83. The zero-order valence-electron chi connectivity index (χ0n) is 10.3. The number of thiazole rings is 1. The van der Waals surface area contributed by atoms with Gasteiger partial charge < -0.3 is 9.47 Å². The van der Waals surface area contributed by atoms with E-state index in [1.165, 1.54) is 17.6 Å². The van der Waals surface area contributed by atoms with E-state index in [9.17, 15) is 4.79 Å². The fourth-order valence-corrected chi connectivity index (χ4v) is 2.72. The maximum absolute atomic E-state index is 11.9. The summed E-state index contributed by atoms with van der Waals surface area (Å²) in [6, 6.07) is 5.95. The van der Waals surface area contributed by atoms with Crippen LogP contribution in [0.5, 0.6) is 0 Å². The van der Waals surface area contributed by atoms with E-state index in [-0.39, 0.29) is 11.7 Å². The molecule has 1 aromatic heterocycles. The predicted octanol–water partition coefficient (Wildman–Crippen LogP) is 2.43. The number of fused-ring (bicyclic) bond motifs is 1. The number of ether oxygens (including phenoxy) is 2. The normalized spacial score (nSPS) is 14.5. The molecule has 19 heavy (non-hydrogen) atoms. The minimum absolute atomic E-state index is 0.183. The molecule has 0 saturated heterocycles. The summed E-state index contributed by atoms with van der Waals surface area (Å²) in [7, 11) is 0. The largest absolute Gasteiger partial charge is 0.494 e. The first-order valence-corrected chi connectivity index (χ1v) is 6.68. The van der Waals surface area contributed by atoms with Crippen LogP contribution < -0.4 is 5.32 Å². The van der Waals surface area contributed by atoms with Gasteiger partial charge in [-0.05, 0) is 18.6 Å². The van der Waals surface area contributed by atoms with E-state index in [1.807, 2.05) is 25.1 Å². The van der Waals surface area contributed by atoms with Crippen LogP contribution in [0.1, 0.15) is 5.56 Å². The van der Waals surface area contributed by atoms with Gasteiger partial charge >= 0.3 is 0 Å². The molecule has 0 aliphatic carbocycles. The van der Waals surface area contributed by atoms with Gasteiger partial charge in [0.25, 0.3) is 5.91 Å². The molecular weight excluding hydrogens is 264 g/mol. The molecule has 6 heteroatoms. The van der Waals surface area contributed by atoms with Crippen LogP contribution in [0, 0.1) is 6.92 Å². The summed E-state index contributed by atoms with van der Waals surface area (Å²) in [6.45, 7) is 2.85. The van der Waals surface area contributed by atoms with Crippen molar-refractivity contribution in [3.8, 4) is 0 Å². The fraction of sp³-hybridized carbons (Fsp3) is 0.231. The quantitative estimate of drug-likeness (QED) is 0.915. The Morgan fingerprint density at radius 2 is 2.32 bits per heavy atom. The van der Waals surface area contributed by atoms with Crippen LogP contribution in [0.4, 0.5) is 5.13 Å². The third kappa shape index (κ3) is 2.39. The van der Waals surface area contributed by atoms with Crippen LogP contribution in [0.2, 0.25) is 0 Å². The Morgan fingerprint density at radius 1 is 1.42 bits per heavy atom. The number of aryl methyl sites for hydroxylation is 1. The number of nitrogens with zero attached hydrogens (tertiary/aromatic N) is 1. The Labute approximate surface area is 113 Å². The number of hydrogen-bond acceptors (Lipinski definition) is 5. The monoisotopic (exact) mass is 276 g/mol. The Hall–Kier alpha value is -2.08. The molecule has 0 unspecified atom stereocenters. The van der Waals surface area contributed by atoms with Crippen LogP contribution in [-0.2, 0) is 14.3 Å². The van der Waals surface area contributed by atoms with Gasteiger partial charge in [-0.3, -0.25) is 10.1 Å². The van der Waals surface area contributed by atoms with Gasteiger partial charge in [0.1, 0.15) is 19.5 Å². The summed E-state index contributed by atoms with van der Waals surface area (Å²) >= 11 is 1.44. The van der Waals surface area contributed by atoms with E-state index >= 15 is 0 Å². The Morgan fingerprint density at radius 3 is 3.05 bits per heavy atom. The van der Waals surface area contributed by atoms with E-state index in [0.29, 0.717) is 18.3 Å². The van der Waals surface area contributed by atoms with Crippen LogP contribution in [0.25, 0.3) is 10.2 Å². The van der Waals surface area contributed by atoms with Crippen molar-refractivity contribution in [2.75, 3.05) is 18.5 Å². The van der Waals surface area contributed by atoms with Crippen molar-refractivity contribution in [2.24, 2.45) is 0 Å². The summed E-state index contributed by atoms with van der Waals surface area (Å²) < 4.78 is 11.3. The second-order valence-electron chi connectivity index (χ2n) is 4.10. The third-order valence-corrected chi connectivity index (χ3v) is 3.65. The van der Waals surface area contributed by atoms with E-state index in [4.69, 9.17) is 9.47 Å². The molecule has 0 radical (unpaired) electrons. The lowest BCUT2D eigenvalue weighted by Gasteiger charge is -2.14. The summed E-state index contributed by atoms with van der Waals surface area (Å²) in [5.41, 5.74) is 2.00. The van der Waals surface area contributed by atoms with Crippen molar-refractivity contribution in [1.82, 2.24) is 4.98 Å². The van der Waals surface area contributed by atoms with Crippen molar-refractivity contribution < 1.29 is 14.3 Å². The number of rotatable bonds is 2. The number of carbonyl (C=O) groups excluding carboxylic acids is 1. The molecule has 1 aliphatic rings. The topological polar surface area (TPSA) is 60.5 Å². The highest BCUT2D eigenvalue weighted by atomic mass is 32.1. The standard InChI is InChI=1S/C13H12N2O3S/c1-8-3-2-4-10-11(8)14-13(19-10)15-12(16)9-7-17-5-6-18-9/h2-4,7H,5-6H2,1H3,(H,14,15,16). The van der Waals surface area contributed by atoms with Gasteiger partial charge in [0, 0.05) is 0 Å². The van der Waals surface area contributed by atoms with Crippen LogP contribution in [-0.4, -0.2) is 24.1 Å². The average Bonchev–Trinajstić information content (AvgIpc) is 2.84. The van der Waals surface area contributed by atoms with Crippen LogP contribution in [0.15, 0.2) is 30.2 Å². The van der Waals surface area contributed by atoms with Gasteiger partial charge in [-0.2, -0.15) is 0 Å². The second kappa shape index (κ2) is 4.89. The number of benzene rings is 1. The first kappa shape index (κ1) is 12.0. The fourth-order valence-electron chi connectivity index (χ4n) is 1.79. The first-order chi connectivity index (χ1) is 9.24. The first-order valence-electron chi connectivity index (χ1n) is 5.86. The highest BCUT2D eigenvalue weighted by molar-refractivity contribution is 7.22. The van der Waals surface area contributed by atoms with Crippen molar-refractivity contribution in [3.63, 3.8) is 0 Å². The Kier molecular flexibility index (Phi) is 3.08. The lowest BCUT2D eigenvalue weighted by Crippen LogP contribution is -2.20. The van der Waals surface area contributed by atoms with Gasteiger partial charge in [-0.15, -0.1) is 0 Å². The highest BCUT2D eigenvalue weighted by Gasteiger charge is 2.17. The smallest absolute Gasteiger partial charge is 0.295 e. The van der Waals surface area contributed by atoms with Crippen LogP contribution >= 0.6 is 11.3 Å². The molecule has 1 amide bonds. The molecule has 0 saturated carbocycles. The van der Waals surface area contributed by atoms with E-state index < -0.39 is 0 Å². The molecule has 0 spiro atoms. The maximum atomic E-state index is 11.9. The molecule has 2 heterocycles. The van der Waals surface area contributed by atoms with Crippen molar-refractivity contribution in [1.29, 1.82) is 0 Å². The van der Waals surface area contributed by atoms with Gasteiger partial charge in [0.05, 0.1) is 10.2 Å². The molecule has 0 fully saturated rings. The predicted molar refractivity (Wildman–Crippen MR) is 73.0 cm³/mol. The minimum atomic E-state index is -0.337. The molecule has 1 aliphatic heterocycles. The molecule has 98 valence electrons. The maximum Gasteiger partial charge on any atom is 0.295 e. The molecule has 1 aromatic carbocycles. The van der Waals surface area contributed by atoms with Gasteiger partial charge in [-0.25, -0.2) is 4.98 Å². The van der Waals surface area contributed by atoms with Gasteiger partial charge in [-0.1, -0.05) is 23.5 Å². The van der Waals surface area contributed by atoms with E-state index in [1.54, 1.807) is 0 Å². The highest BCUT2D eigenvalue weighted by Crippen LogP contribution is 2.28. The zero-order valence-corrected chi connectivity index (χ0v) is 11.1. The number of hydrogen-bond donors (Lipinski definition) is 1.